The van der Waals surface area contributed by atoms with E-state index in [0.29, 0.717) is 13.0 Å². The van der Waals surface area contributed by atoms with Crippen LogP contribution in [0, 0.1) is 0 Å². The SMILES string of the molecule is NC(CCO)CNCC(=O)O. The van der Waals surface area contributed by atoms with Gasteiger partial charge in [-0.2, -0.15) is 0 Å². The Hall–Kier alpha value is -0.650. The van der Waals surface area contributed by atoms with Crippen LogP contribution < -0.4 is 11.1 Å². The molecule has 0 aromatic heterocycles. The normalized spacial score (nSPS) is 12.9. The molecule has 5 nitrogen and oxygen atoms in total. The summed E-state index contributed by atoms with van der Waals surface area (Å²) in [6.45, 7) is 0.377. The van der Waals surface area contributed by atoms with Crippen LogP contribution in [0.1, 0.15) is 6.42 Å². The van der Waals surface area contributed by atoms with Crippen LogP contribution in [0.2, 0.25) is 0 Å². The van der Waals surface area contributed by atoms with Crippen LogP contribution in [-0.2, 0) is 4.79 Å². The Balaban J connectivity index is 3.16. The number of carboxylic acids is 1. The van der Waals surface area contributed by atoms with E-state index in [1.54, 1.807) is 0 Å². The van der Waals surface area contributed by atoms with Crippen LogP contribution in [0.3, 0.4) is 0 Å². The quantitative estimate of drug-likeness (QED) is 0.376. The van der Waals surface area contributed by atoms with Crippen LogP contribution in [-0.4, -0.2) is 41.9 Å². The Morgan fingerprint density at radius 1 is 1.64 bits per heavy atom. The first-order chi connectivity index (χ1) is 5.16. The molecule has 5 N–H and O–H groups in total. The van der Waals surface area contributed by atoms with Gasteiger partial charge in [0.05, 0.1) is 6.54 Å². The molecule has 0 spiro atoms. The highest BCUT2D eigenvalue weighted by Crippen LogP contribution is 1.82. The van der Waals surface area contributed by atoms with Crippen molar-refractivity contribution in [2.24, 2.45) is 5.73 Å². The van der Waals surface area contributed by atoms with E-state index in [1.807, 2.05) is 0 Å². The molecule has 5 heteroatoms. The molecule has 0 aliphatic rings. The summed E-state index contributed by atoms with van der Waals surface area (Å²) in [6, 6.07) is -0.167. The molecule has 0 rings (SSSR count). The van der Waals surface area contributed by atoms with Crippen molar-refractivity contribution in [1.29, 1.82) is 0 Å². The van der Waals surface area contributed by atoms with E-state index >= 15 is 0 Å². The van der Waals surface area contributed by atoms with Crippen molar-refractivity contribution in [1.82, 2.24) is 5.32 Å². The molecule has 66 valence electrons. The summed E-state index contributed by atoms with van der Waals surface area (Å²) in [4.78, 5) is 9.99. The van der Waals surface area contributed by atoms with Gasteiger partial charge in [0.2, 0.25) is 0 Å². The minimum Gasteiger partial charge on any atom is -0.480 e. The monoisotopic (exact) mass is 162 g/mol. The molecule has 0 saturated heterocycles. The first-order valence-corrected chi connectivity index (χ1v) is 3.45. The molecule has 0 amide bonds. The van der Waals surface area contributed by atoms with Gasteiger partial charge in [0.1, 0.15) is 0 Å². The summed E-state index contributed by atoms with van der Waals surface area (Å²) in [7, 11) is 0. The summed E-state index contributed by atoms with van der Waals surface area (Å²) < 4.78 is 0. The smallest absolute Gasteiger partial charge is 0.317 e. The number of carbonyl (C=O) groups is 1. The molecule has 0 heterocycles. The lowest BCUT2D eigenvalue weighted by atomic mass is 10.2. The molecule has 0 aromatic rings. The van der Waals surface area contributed by atoms with E-state index in [2.05, 4.69) is 5.32 Å². The highest BCUT2D eigenvalue weighted by molar-refractivity contribution is 5.68. The van der Waals surface area contributed by atoms with Gasteiger partial charge in [-0.25, -0.2) is 0 Å². The first-order valence-electron chi connectivity index (χ1n) is 3.45. The first kappa shape index (κ1) is 10.3. The zero-order valence-electron chi connectivity index (χ0n) is 6.29. The Bertz CT molecular complexity index is 118. The van der Waals surface area contributed by atoms with Crippen LogP contribution in [0.4, 0.5) is 0 Å². The van der Waals surface area contributed by atoms with Crippen molar-refractivity contribution >= 4 is 5.97 Å². The number of aliphatic carboxylic acids is 1. The molecule has 0 aliphatic carbocycles. The van der Waals surface area contributed by atoms with Crippen LogP contribution in [0.5, 0.6) is 0 Å². The van der Waals surface area contributed by atoms with Gasteiger partial charge < -0.3 is 21.3 Å². The zero-order valence-corrected chi connectivity index (χ0v) is 6.29. The molecule has 0 saturated carbocycles. The van der Waals surface area contributed by atoms with Gasteiger partial charge in [-0.1, -0.05) is 0 Å². The van der Waals surface area contributed by atoms with Gasteiger partial charge in [-0.3, -0.25) is 4.79 Å². The molecule has 1 unspecified atom stereocenters. The molecular weight excluding hydrogens is 148 g/mol. The van der Waals surface area contributed by atoms with Crippen molar-refractivity contribution in [2.75, 3.05) is 19.7 Å². The fourth-order valence-electron chi connectivity index (χ4n) is 0.632. The number of hydrogen-bond donors (Lipinski definition) is 4. The largest absolute Gasteiger partial charge is 0.480 e. The predicted octanol–water partition coefficient (Wildman–Crippen LogP) is -1.63. The molecule has 0 aliphatic heterocycles. The zero-order chi connectivity index (χ0) is 8.69. The third-order valence-corrected chi connectivity index (χ3v) is 1.18. The fraction of sp³-hybridized carbons (Fsp3) is 0.833. The van der Waals surface area contributed by atoms with Gasteiger partial charge in [0.25, 0.3) is 0 Å². The van der Waals surface area contributed by atoms with Crippen molar-refractivity contribution < 1.29 is 15.0 Å². The minimum atomic E-state index is -0.902. The van der Waals surface area contributed by atoms with Gasteiger partial charge in [0.15, 0.2) is 0 Å². The number of carboxylic acid groups (broad SMARTS) is 1. The van der Waals surface area contributed by atoms with Crippen LogP contribution in [0.15, 0.2) is 0 Å². The Kier molecular flexibility index (Phi) is 5.73. The second-order valence-corrected chi connectivity index (χ2v) is 2.30. The number of rotatable bonds is 6. The van der Waals surface area contributed by atoms with Crippen molar-refractivity contribution in [3.05, 3.63) is 0 Å². The molecule has 0 fully saturated rings. The Labute approximate surface area is 65.2 Å². The predicted molar refractivity (Wildman–Crippen MR) is 40.2 cm³/mol. The maximum Gasteiger partial charge on any atom is 0.317 e. The lowest BCUT2D eigenvalue weighted by Gasteiger charge is -2.08. The number of aliphatic hydroxyl groups is 1. The Morgan fingerprint density at radius 3 is 2.73 bits per heavy atom. The van der Waals surface area contributed by atoms with Crippen LogP contribution in [0.25, 0.3) is 0 Å². The van der Waals surface area contributed by atoms with Gasteiger partial charge in [0, 0.05) is 19.2 Å². The lowest BCUT2D eigenvalue weighted by Crippen LogP contribution is -2.36. The third-order valence-electron chi connectivity index (χ3n) is 1.18. The van der Waals surface area contributed by atoms with Crippen LogP contribution >= 0.6 is 0 Å². The number of nitrogens with two attached hydrogens (primary N) is 1. The number of nitrogens with one attached hydrogen (secondary N) is 1. The van der Waals surface area contributed by atoms with E-state index < -0.39 is 5.97 Å². The van der Waals surface area contributed by atoms with E-state index in [-0.39, 0.29) is 19.2 Å². The van der Waals surface area contributed by atoms with E-state index in [0.717, 1.165) is 0 Å². The fourth-order valence-corrected chi connectivity index (χ4v) is 0.632. The highest BCUT2D eigenvalue weighted by atomic mass is 16.4. The second kappa shape index (κ2) is 6.09. The minimum absolute atomic E-state index is 0.0376. The van der Waals surface area contributed by atoms with Gasteiger partial charge >= 0.3 is 5.97 Å². The highest BCUT2D eigenvalue weighted by Gasteiger charge is 2.01. The molecule has 0 bridgehead atoms. The summed E-state index contributed by atoms with van der Waals surface area (Å²) in [5.41, 5.74) is 5.45. The summed E-state index contributed by atoms with van der Waals surface area (Å²) in [5.74, 6) is -0.902. The summed E-state index contributed by atoms with van der Waals surface area (Å²) >= 11 is 0. The molecule has 0 aromatic carbocycles. The molecule has 0 radical (unpaired) electrons. The average Bonchev–Trinajstić information content (AvgIpc) is 1.87. The van der Waals surface area contributed by atoms with Crippen molar-refractivity contribution in [2.45, 2.75) is 12.5 Å². The second-order valence-electron chi connectivity index (χ2n) is 2.30. The van der Waals surface area contributed by atoms with Crippen molar-refractivity contribution in [3.63, 3.8) is 0 Å². The maximum absolute atomic E-state index is 9.99. The number of aliphatic hydroxyl groups excluding tert-OH is 1. The Morgan fingerprint density at radius 2 is 2.27 bits per heavy atom. The van der Waals surface area contributed by atoms with Gasteiger partial charge in [-0.05, 0) is 6.42 Å². The summed E-state index contributed by atoms with van der Waals surface area (Å²) in [5, 5.41) is 19.3. The lowest BCUT2D eigenvalue weighted by molar-refractivity contribution is -0.135. The topological polar surface area (TPSA) is 95.6 Å². The van der Waals surface area contributed by atoms with E-state index in [1.165, 1.54) is 0 Å². The van der Waals surface area contributed by atoms with E-state index in [9.17, 15) is 4.79 Å². The van der Waals surface area contributed by atoms with Crippen molar-refractivity contribution in [3.8, 4) is 0 Å². The maximum atomic E-state index is 9.99. The van der Waals surface area contributed by atoms with E-state index in [4.69, 9.17) is 15.9 Å². The molecule has 1 atom stereocenters. The standard InChI is InChI=1S/C6H14N2O3/c7-5(1-2-9)3-8-4-6(10)11/h5,8-9H,1-4,7H2,(H,10,11). The average molecular weight is 162 g/mol. The summed E-state index contributed by atoms with van der Waals surface area (Å²) in [6.07, 6.45) is 0.493. The number of hydrogen-bond acceptors (Lipinski definition) is 4. The third kappa shape index (κ3) is 7.24. The molecule has 11 heavy (non-hydrogen) atoms. The van der Waals surface area contributed by atoms with Gasteiger partial charge in [-0.15, -0.1) is 0 Å². The molecular formula is C6H14N2O3.